The number of phenols is 1. The molecular formula is C26H27N5O3. The quantitative estimate of drug-likeness (QED) is 0.262. The topological polar surface area (TPSA) is 142 Å². The van der Waals surface area contributed by atoms with Crippen molar-refractivity contribution in [2.24, 2.45) is 22.4 Å². The lowest BCUT2D eigenvalue weighted by Crippen LogP contribution is -2.56. The van der Waals surface area contributed by atoms with Crippen molar-refractivity contribution in [3.8, 4) is 11.5 Å². The fraction of sp³-hybridized carbons (Fsp3) is 0.423. The summed E-state index contributed by atoms with van der Waals surface area (Å²) in [6.07, 6.45) is 4.06. The Morgan fingerprint density at radius 1 is 1.21 bits per heavy atom. The van der Waals surface area contributed by atoms with Crippen LogP contribution in [0.2, 0.25) is 0 Å². The summed E-state index contributed by atoms with van der Waals surface area (Å²) in [6.45, 7) is 0.962. The van der Waals surface area contributed by atoms with Gasteiger partial charge < -0.3 is 36.7 Å². The molecule has 1 aromatic heterocycles. The molecule has 2 aromatic carbocycles. The average Bonchev–Trinajstić information content (AvgIpc) is 3.27. The van der Waals surface area contributed by atoms with Gasteiger partial charge in [-0.25, -0.2) is 4.99 Å². The minimum Gasteiger partial charge on any atom is -0.504 e. The number of nitrogens with zero attached hydrogens (tertiary/aromatic N) is 1. The number of aromatic hydroxyl groups is 1. The number of phenolic OH excluding ortho intramolecular Hbond substituents is 1. The van der Waals surface area contributed by atoms with Gasteiger partial charge in [-0.1, -0.05) is 6.07 Å². The molecule has 0 radical (unpaired) electrons. The lowest BCUT2D eigenvalue weighted by Gasteiger charge is -2.47. The summed E-state index contributed by atoms with van der Waals surface area (Å²) in [5, 5.41) is 28.1. The molecule has 1 aliphatic heterocycles. The van der Waals surface area contributed by atoms with Gasteiger partial charge in [0, 0.05) is 28.4 Å². The highest BCUT2D eigenvalue weighted by atomic mass is 16.5. The van der Waals surface area contributed by atoms with Gasteiger partial charge >= 0.3 is 0 Å². The van der Waals surface area contributed by atoms with Crippen molar-refractivity contribution in [1.29, 1.82) is 0 Å². The van der Waals surface area contributed by atoms with Crippen LogP contribution in [0.3, 0.4) is 0 Å². The van der Waals surface area contributed by atoms with Crippen LogP contribution in [0.5, 0.6) is 11.5 Å². The smallest absolute Gasteiger partial charge is 0.191 e. The Kier molecular flexibility index (Phi) is 3.20. The predicted octanol–water partition coefficient (Wildman–Crippen LogP) is 2.44. The molecule has 8 heteroatoms. The first-order chi connectivity index (χ1) is 16.3. The third-order valence-electron chi connectivity index (χ3n) is 9.13. The molecule has 3 aromatic rings. The van der Waals surface area contributed by atoms with Crippen molar-refractivity contribution in [1.82, 2.24) is 10.3 Å². The van der Waals surface area contributed by atoms with E-state index in [1.807, 2.05) is 24.3 Å². The third kappa shape index (κ3) is 2.06. The maximum Gasteiger partial charge on any atom is 0.191 e. The minimum atomic E-state index is -0.992. The molecule has 5 aliphatic rings. The Hall–Kier alpha value is -3.23. The Morgan fingerprint density at radius 2 is 2.06 bits per heavy atom. The van der Waals surface area contributed by atoms with Crippen molar-refractivity contribution in [3.05, 3.63) is 52.7 Å². The number of nitrogens with one attached hydrogen (secondary N) is 2. The molecule has 2 fully saturated rings. The van der Waals surface area contributed by atoms with Crippen LogP contribution < -0.4 is 21.5 Å². The van der Waals surface area contributed by atoms with Gasteiger partial charge in [0.05, 0.1) is 22.4 Å². The fourth-order valence-electron chi connectivity index (χ4n) is 7.68. The van der Waals surface area contributed by atoms with Crippen LogP contribution in [0.25, 0.3) is 10.9 Å². The molecule has 4 atom stereocenters. The van der Waals surface area contributed by atoms with Gasteiger partial charge in [0.25, 0.3) is 0 Å². The van der Waals surface area contributed by atoms with Crippen molar-refractivity contribution < 1.29 is 14.9 Å². The van der Waals surface area contributed by atoms with Gasteiger partial charge in [-0.05, 0) is 73.5 Å². The number of ether oxygens (including phenoxy) is 1. The fourth-order valence-corrected chi connectivity index (χ4v) is 7.68. The predicted molar refractivity (Wildman–Crippen MR) is 127 cm³/mol. The number of fused-ring (bicyclic) bond motifs is 6. The monoisotopic (exact) mass is 457 g/mol. The Balaban J connectivity index is 1.35. The minimum absolute atomic E-state index is 0.00990. The molecule has 2 saturated carbocycles. The lowest BCUT2D eigenvalue weighted by molar-refractivity contribution is -0.0676. The normalized spacial score (nSPS) is 33.6. The standard InChI is InChI=1S/C26H27N5O3/c27-23(28)30-13-3-5-17-14(7-13)15-8-25(33)10-24(29-9-12-1-2-12)11-26(25)19-16(24)4-6-18(32)21(19)34-22(26)20(15)31-17/h3-7,12,22,29,31-33H,1-2,8-11H2,(H4,27,28,30)/t22?,24?,25-,26+/m1/s1. The summed E-state index contributed by atoms with van der Waals surface area (Å²) >= 11 is 0. The number of aliphatic imine (C=N–C) groups is 1. The second-order valence-electron chi connectivity index (χ2n) is 11.1. The van der Waals surface area contributed by atoms with E-state index in [0.29, 0.717) is 24.3 Å². The first-order valence-electron chi connectivity index (χ1n) is 12.1. The second kappa shape index (κ2) is 5.70. The number of aliphatic hydroxyl groups is 1. The summed E-state index contributed by atoms with van der Waals surface area (Å²) in [4.78, 5) is 7.80. The number of hydrogen-bond acceptors (Lipinski definition) is 5. The lowest BCUT2D eigenvalue weighted by atomic mass is 9.59. The number of aromatic nitrogens is 1. The number of hydrogen-bond donors (Lipinski definition) is 6. The van der Waals surface area contributed by atoms with Crippen LogP contribution in [-0.2, 0) is 17.4 Å². The van der Waals surface area contributed by atoms with Crippen LogP contribution >= 0.6 is 0 Å². The third-order valence-corrected chi connectivity index (χ3v) is 9.13. The van der Waals surface area contributed by atoms with Crippen LogP contribution in [0.1, 0.15) is 54.2 Å². The van der Waals surface area contributed by atoms with Crippen LogP contribution in [-0.4, -0.2) is 33.3 Å². The van der Waals surface area contributed by atoms with Crippen molar-refractivity contribution in [3.63, 3.8) is 0 Å². The number of guanidine groups is 1. The zero-order valence-electron chi connectivity index (χ0n) is 18.7. The van der Waals surface area contributed by atoms with E-state index in [0.717, 1.165) is 46.6 Å². The number of H-pyrrole nitrogens is 1. The first kappa shape index (κ1) is 19.1. The molecule has 8 nitrogen and oxygen atoms in total. The summed E-state index contributed by atoms with van der Waals surface area (Å²) in [7, 11) is 0. The highest BCUT2D eigenvalue weighted by Crippen LogP contribution is 2.76. The largest absolute Gasteiger partial charge is 0.504 e. The van der Waals surface area contributed by atoms with Gasteiger partial charge in [0.15, 0.2) is 23.6 Å². The van der Waals surface area contributed by atoms with E-state index in [4.69, 9.17) is 16.2 Å². The van der Waals surface area contributed by atoms with Gasteiger partial charge in [0.1, 0.15) is 0 Å². The van der Waals surface area contributed by atoms with Crippen LogP contribution in [0.4, 0.5) is 5.69 Å². The SMILES string of the molecule is NC(N)=Nc1ccc2[nH]c3c(c2c1)C[C@@]1(O)CC2(NCC4CC4)C[C@@]14c1c2ccc(O)c1OC34. The zero-order valence-corrected chi connectivity index (χ0v) is 18.7. The summed E-state index contributed by atoms with van der Waals surface area (Å²) in [5.41, 5.74) is 15.2. The van der Waals surface area contributed by atoms with E-state index < -0.39 is 17.1 Å². The van der Waals surface area contributed by atoms with Gasteiger partial charge in [-0.15, -0.1) is 0 Å². The molecule has 2 unspecified atom stereocenters. The second-order valence-corrected chi connectivity index (χ2v) is 11.1. The number of benzene rings is 2. The molecular weight excluding hydrogens is 430 g/mol. The molecule has 0 saturated heterocycles. The van der Waals surface area contributed by atoms with Crippen LogP contribution in [0, 0.1) is 5.92 Å². The van der Waals surface area contributed by atoms with E-state index in [1.165, 1.54) is 18.4 Å². The Labute approximate surface area is 196 Å². The summed E-state index contributed by atoms with van der Waals surface area (Å²) < 4.78 is 6.54. The zero-order chi connectivity index (χ0) is 23.0. The molecule has 174 valence electrons. The molecule has 8 N–H and O–H groups in total. The van der Waals surface area contributed by atoms with Crippen molar-refractivity contribution in [2.75, 3.05) is 6.54 Å². The molecule has 34 heavy (non-hydrogen) atoms. The molecule has 4 aliphatic carbocycles. The van der Waals surface area contributed by atoms with Crippen molar-refractivity contribution >= 4 is 22.5 Å². The molecule has 2 bridgehead atoms. The molecule has 0 amide bonds. The molecule has 8 rings (SSSR count). The number of aromatic amines is 1. The summed E-state index contributed by atoms with van der Waals surface area (Å²) in [6, 6.07) is 9.58. The number of nitrogens with two attached hydrogens (primary N) is 2. The van der Waals surface area contributed by atoms with E-state index in [-0.39, 0.29) is 17.2 Å². The molecule has 1 spiro atoms. The van der Waals surface area contributed by atoms with Gasteiger partial charge in [-0.2, -0.15) is 0 Å². The Morgan fingerprint density at radius 3 is 2.85 bits per heavy atom. The van der Waals surface area contributed by atoms with Gasteiger partial charge in [-0.3, -0.25) is 0 Å². The van der Waals surface area contributed by atoms with E-state index in [2.05, 4.69) is 15.3 Å². The van der Waals surface area contributed by atoms with E-state index in [9.17, 15) is 10.2 Å². The average molecular weight is 458 g/mol. The number of rotatable bonds is 4. The van der Waals surface area contributed by atoms with E-state index in [1.54, 1.807) is 6.07 Å². The summed E-state index contributed by atoms with van der Waals surface area (Å²) in [5.74, 6) is 1.41. The molecule has 2 heterocycles. The van der Waals surface area contributed by atoms with Crippen molar-refractivity contribution in [2.45, 2.75) is 54.8 Å². The Bertz CT molecular complexity index is 1450. The highest BCUT2D eigenvalue weighted by molar-refractivity contribution is 5.90. The highest BCUT2D eigenvalue weighted by Gasteiger charge is 2.78. The van der Waals surface area contributed by atoms with E-state index >= 15 is 0 Å². The maximum atomic E-state index is 12.4. The van der Waals surface area contributed by atoms with Gasteiger partial charge in [0.2, 0.25) is 0 Å². The first-order valence-corrected chi connectivity index (χ1v) is 12.1. The van der Waals surface area contributed by atoms with Crippen LogP contribution in [0.15, 0.2) is 35.3 Å². The maximum absolute atomic E-state index is 12.4.